The highest BCUT2D eigenvalue weighted by Crippen LogP contribution is 2.24. The van der Waals surface area contributed by atoms with Gasteiger partial charge in [0, 0.05) is 31.2 Å². The molecule has 0 spiro atoms. The third-order valence-corrected chi connectivity index (χ3v) is 4.41. The van der Waals surface area contributed by atoms with Crippen LogP contribution in [0.15, 0.2) is 24.3 Å². The Bertz CT molecular complexity index is 658. The summed E-state index contributed by atoms with van der Waals surface area (Å²) in [6, 6.07) is 6.60. The number of nitrogens with one attached hydrogen (secondary N) is 3. The number of nitrogens with zero attached hydrogens (tertiary/aromatic N) is 1. The number of urea groups is 1. The zero-order valence-electron chi connectivity index (χ0n) is 13.2. The van der Waals surface area contributed by atoms with Crippen LogP contribution in [0, 0.1) is 0 Å². The van der Waals surface area contributed by atoms with Crippen LogP contribution in [0.2, 0.25) is 0 Å². The summed E-state index contributed by atoms with van der Waals surface area (Å²) in [5.41, 5.74) is 0.129. The molecule has 23 heavy (non-hydrogen) atoms. The molecule has 0 saturated carbocycles. The molecule has 7 heteroatoms. The molecule has 0 radical (unpaired) electrons. The number of imide groups is 1. The van der Waals surface area contributed by atoms with Gasteiger partial charge in [-0.2, -0.15) is 0 Å². The SMILES string of the molecule is C[C@H]1CN(C(=O)c2ccc([C@@]3(C)NC(=O)NC3=O)cc2)CCN1. The molecule has 1 aromatic carbocycles. The monoisotopic (exact) mass is 316 g/mol. The molecule has 0 bridgehead atoms. The van der Waals surface area contributed by atoms with E-state index in [0.717, 1.165) is 6.54 Å². The van der Waals surface area contributed by atoms with Gasteiger partial charge in [-0.05, 0) is 31.5 Å². The molecular formula is C16H20N4O3. The van der Waals surface area contributed by atoms with Crippen molar-refractivity contribution in [2.45, 2.75) is 25.4 Å². The second-order valence-corrected chi connectivity index (χ2v) is 6.22. The van der Waals surface area contributed by atoms with E-state index in [2.05, 4.69) is 16.0 Å². The van der Waals surface area contributed by atoms with Crippen molar-refractivity contribution in [2.75, 3.05) is 19.6 Å². The molecule has 2 atom stereocenters. The zero-order chi connectivity index (χ0) is 16.6. The number of piperazine rings is 1. The van der Waals surface area contributed by atoms with E-state index in [9.17, 15) is 14.4 Å². The van der Waals surface area contributed by atoms with E-state index >= 15 is 0 Å². The first-order valence-corrected chi connectivity index (χ1v) is 7.67. The van der Waals surface area contributed by atoms with Crippen molar-refractivity contribution in [1.82, 2.24) is 20.9 Å². The van der Waals surface area contributed by atoms with Gasteiger partial charge in [0.25, 0.3) is 11.8 Å². The van der Waals surface area contributed by atoms with Crippen molar-refractivity contribution in [3.05, 3.63) is 35.4 Å². The molecular weight excluding hydrogens is 296 g/mol. The average molecular weight is 316 g/mol. The highest BCUT2D eigenvalue weighted by Gasteiger charge is 2.43. The predicted molar refractivity (Wildman–Crippen MR) is 83.8 cm³/mol. The van der Waals surface area contributed by atoms with Gasteiger partial charge in [-0.15, -0.1) is 0 Å². The Hall–Kier alpha value is -2.41. The molecule has 0 unspecified atom stereocenters. The topological polar surface area (TPSA) is 90.5 Å². The van der Waals surface area contributed by atoms with Gasteiger partial charge in [-0.3, -0.25) is 14.9 Å². The fourth-order valence-electron chi connectivity index (χ4n) is 2.99. The summed E-state index contributed by atoms with van der Waals surface area (Å²) in [7, 11) is 0. The number of carbonyl (C=O) groups is 3. The maximum absolute atomic E-state index is 12.5. The van der Waals surface area contributed by atoms with Crippen LogP contribution in [0.4, 0.5) is 4.79 Å². The third kappa shape index (κ3) is 2.79. The van der Waals surface area contributed by atoms with E-state index in [1.54, 1.807) is 31.2 Å². The number of carbonyl (C=O) groups excluding carboxylic acids is 3. The molecule has 1 aromatic rings. The summed E-state index contributed by atoms with van der Waals surface area (Å²) in [5, 5.41) is 8.14. The minimum atomic E-state index is -1.10. The number of hydrogen-bond acceptors (Lipinski definition) is 4. The second kappa shape index (κ2) is 5.66. The van der Waals surface area contributed by atoms with Gasteiger partial charge in [-0.1, -0.05) is 12.1 Å². The lowest BCUT2D eigenvalue weighted by molar-refractivity contribution is -0.123. The summed E-state index contributed by atoms with van der Waals surface area (Å²) < 4.78 is 0. The van der Waals surface area contributed by atoms with Gasteiger partial charge in [0.2, 0.25) is 0 Å². The van der Waals surface area contributed by atoms with Gasteiger partial charge in [0.1, 0.15) is 5.54 Å². The number of hydrogen-bond donors (Lipinski definition) is 3. The highest BCUT2D eigenvalue weighted by molar-refractivity contribution is 6.07. The fraction of sp³-hybridized carbons (Fsp3) is 0.438. The Morgan fingerprint density at radius 2 is 1.96 bits per heavy atom. The van der Waals surface area contributed by atoms with Crippen LogP contribution in [-0.2, 0) is 10.3 Å². The first-order chi connectivity index (χ1) is 10.9. The summed E-state index contributed by atoms with van der Waals surface area (Å²) in [6.45, 7) is 5.83. The maximum atomic E-state index is 12.5. The van der Waals surface area contributed by atoms with Crippen molar-refractivity contribution in [3.8, 4) is 0 Å². The molecule has 3 N–H and O–H groups in total. The summed E-state index contributed by atoms with van der Waals surface area (Å²) in [6.07, 6.45) is 0. The molecule has 3 rings (SSSR count). The van der Waals surface area contributed by atoms with Crippen LogP contribution in [0.1, 0.15) is 29.8 Å². The zero-order valence-corrected chi connectivity index (χ0v) is 13.2. The van der Waals surface area contributed by atoms with Gasteiger partial charge in [0.15, 0.2) is 0 Å². The van der Waals surface area contributed by atoms with Crippen LogP contribution in [-0.4, -0.2) is 48.4 Å². The molecule has 2 aliphatic heterocycles. The summed E-state index contributed by atoms with van der Waals surface area (Å²) in [4.78, 5) is 37.6. The molecule has 122 valence electrons. The lowest BCUT2D eigenvalue weighted by atomic mass is 9.91. The summed E-state index contributed by atoms with van der Waals surface area (Å²) >= 11 is 0. The normalized spacial score (nSPS) is 27.6. The molecule has 2 heterocycles. The first-order valence-electron chi connectivity index (χ1n) is 7.67. The highest BCUT2D eigenvalue weighted by atomic mass is 16.2. The smallest absolute Gasteiger partial charge is 0.322 e. The van der Waals surface area contributed by atoms with E-state index < -0.39 is 17.5 Å². The molecule has 7 nitrogen and oxygen atoms in total. The van der Waals surface area contributed by atoms with E-state index in [-0.39, 0.29) is 11.9 Å². The van der Waals surface area contributed by atoms with Gasteiger partial charge in [-0.25, -0.2) is 4.79 Å². The molecule has 2 aliphatic rings. The van der Waals surface area contributed by atoms with Gasteiger partial charge in [0.05, 0.1) is 0 Å². The lowest BCUT2D eigenvalue weighted by Crippen LogP contribution is -2.51. The van der Waals surface area contributed by atoms with Crippen molar-refractivity contribution < 1.29 is 14.4 Å². The minimum Gasteiger partial charge on any atom is -0.336 e. The Kier molecular flexibility index (Phi) is 3.81. The number of rotatable bonds is 2. The Morgan fingerprint density at radius 3 is 2.52 bits per heavy atom. The van der Waals surface area contributed by atoms with Gasteiger partial charge < -0.3 is 15.5 Å². The van der Waals surface area contributed by atoms with E-state index in [1.165, 1.54) is 0 Å². The molecule has 2 fully saturated rings. The van der Waals surface area contributed by atoms with Crippen LogP contribution in [0.5, 0.6) is 0 Å². The van der Waals surface area contributed by atoms with Crippen molar-refractivity contribution in [3.63, 3.8) is 0 Å². The molecule has 0 aliphatic carbocycles. The average Bonchev–Trinajstić information content (AvgIpc) is 2.80. The van der Waals surface area contributed by atoms with Crippen LogP contribution >= 0.6 is 0 Å². The van der Waals surface area contributed by atoms with Crippen molar-refractivity contribution >= 4 is 17.8 Å². The van der Waals surface area contributed by atoms with Gasteiger partial charge >= 0.3 is 6.03 Å². The molecule has 2 saturated heterocycles. The number of benzene rings is 1. The first kappa shape index (κ1) is 15.5. The van der Waals surface area contributed by atoms with Crippen LogP contribution in [0.25, 0.3) is 0 Å². The Labute approximate surface area is 134 Å². The maximum Gasteiger partial charge on any atom is 0.322 e. The van der Waals surface area contributed by atoms with E-state index in [1.807, 2.05) is 11.8 Å². The standard InChI is InChI=1S/C16H20N4O3/c1-10-9-20(8-7-17-10)13(21)11-3-5-12(6-4-11)16(2)14(22)18-15(23)19-16/h3-6,10,17H,7-9H2,1-2H3,(H2,18,19,22,23)/t10-,16+/m0/s1. The largest absolute Gasteiger partial charge is 0.336 e. The Morgan fingerprint density at radius 1 is 1.26 bits per heavy atom. The van der Waals surface area contributed by atoms with E-state index in [4.69, 9.17) is 0 Å². The van der Waals surface area contributed by atoms with Crippen molar-refractivity contribution in [2.24, 2.45) is 0 Å². The van der Waals surface area contributed by atoms with Crippen LogP contribution in [0.3, 0.4) is 0 Å². The molecule has 4 amide bonds. The third-order valence-electron chi connectivity index (χ3n) is 4.41. The minimum absolute atomic E-state index is 0.0186. The second-order valence-electron chi connectivity index (χ2n) is 6.22. The quantitative estimate of drug-likeness (QED) is 0.679. The Balaban J connectivity index is 1.78. The predicted octanol–water partition coefficient (Wildman–Crippen LogP) is 0.175. The lowest BCUT2D eigenvalue weighted by Gasteiger charge is -2.32. The van der Waals surface area contributed by atoms with Crippen molar-refractivity contribution in [1.29, 1.82) is 0 Å². The van der Waals surface area contributed by atoms with E-state index in [0.29, 0.717) is 24.2 Å². The van der Waals surface area contributed by atoms with Crippen LogP contribution < -0.4 is 16.0 Å². The fourth-order valence-corrected chi connectivity index (χ4v) is 2.99. The summed E-state index contributed by atoms with van der Waals surface area (Å²) in [5.74, 6) is -0.410. The number of amides is 4. The molecule has 0 aromatic heterocycles.